The molecule has 1 heterocycles. The molecule has 0 bridgehead atoms. The molecule has 0 radical (unpaired) electrons. The predicted molar refractivity (Wildman–Crippen MR) is 105 cm³/mol. The van der Waals surface area contributed by atoms with Gasteiger partial charge in [0.15, 0.2) is 0 Å². The fraction of sp³-hybridized carbons (Fsp3) is 0.211. The number of aromatic nitrogens is 1. The molecular weight excluding hydrogens is 350 g/mol. The lowest BCUT2D eigenvalue weighted by Gasteiger charge is -2.07. The van der Waals surface area contributed by atoms with E-state index in [1.165, 1.54) is 18.5 Å². The molecule has 0 aliphatic carbocycles. The summed E-state index contributed by atoms with van der Waals surface area (Å²) in [6.45, 7) is 1.96. The van der Waals surface area contributed by atoms with Gasteiger partial charge in [-0.05, 0) is 42.8 Å². The fourth-order valence-corrected chi connectivity index (χ4v) is 3.64. The van der Waals surface area contributed by atoms with Crippen molar-refractivity contribution in [3.8, 4) is 0 Å². The average Bonchev–Trinajstić information content (AvgIpc) is 2.93. The lowest BCUT2D eigenvalue weighted by molar-refractivity contribution is -0.116. The molecule has 0 spiro atoms. The SMILES string of the molecule is CC(=O)Nc1ccc(NC(=O)CCCn2sc3ccccc3c2=O)cc1. The van der Waals surface area contributed by atoms with Crippen LogP contribution in [0.4, 0.5) is 11.4 Å². The average molecular weight is 369 g/mol. The lowest BCUT2D eigenvalue weighted by Crippen LogP contribution is -2.16. The predicted octanol–water partition coefficient (Wildman–Crippen LogP) is 3.44. The maximum atomic E-state index is 12.2. The highest BCUT2D eigenvalue weighted by atomic mass is 32.1. The summed E-state index contributed by atoms with van der Waals surface area (Å²) in [4.78, 5) is 35.3. The van der Waals surface area contributed by atoms with Gasteiger partial charge < -0.3 is 10.6 Å². The van der Waals surface area contributed by atoms with Crippen LogP contribution >= 0.6 is 11.5 Å². The first kappa shape index (κ1) is 17.9. The molecule has 3 rings (SSSR count). The summed E-state index contributed by atoms with van der Waals surface area (Å²) in [5.74, 6) is -0.246. The van der Waals surface area contributed by atoms with Gasteiger partial charge in [-0.15, -0.1) is 0 Å². The molecule has 2 N–H and O–H groups in total. The molecule has 0 aliphatic rings. The number of aryl methyl sites for hydroxylation is 1. The molecule has 2 amide bonds. The van der Waals surface area contributed by atoms with E-state index >= 15 is 0 Å². The van der Waals surface area contributed by atoms with Gasteiger partial charge in [-0.3, -0.25) is 18.3 Å². The molecule has 134 valence electrons. The topological polar surface area (TPSA) is 80.2 Å². The maximum absolute atomic E-state index is 12.2. The van der Waals surface area contributed by atoms with E-state index in [1.54, 1.807) is 28.2 Å². The summed E-state index contributed by atoms with van der Waals surface area (Å²) in [7, 11) is 0. The molecule has 6 nitrogen and oxygen atoms in total. The van der Waals surface area contributed by atoms with Gasteiger partial charge in [0.2, 0.25) is 11.8 Å². The number of rotatable bonds is 6. The van der Waals surface area contributed by atoms with Crippen molar-refractivity contribution in [2.24, 2.45) is 0 Å². The Kier molecular flexibility index (Phi) is 5.48. The van der Waals surface area contributed by atoms with E-state index in [4.69, 9.17) is 0 Å². The summed E-state index contributed by atoms with van der Waals surface area (Å²) >= 11 is 1.42. The molecular formula is C19H19N3O3S. The van der Waals surface area contributed by atoms with Gasteiger partial charge in [0.25, 0.3) is 5.56 Å². The minimum absolute atomic E-state index is 0.000400. The number of hydrogen-bond acceptors (Lipinski definition) is 4. The number of benzene rings is 2. The van der Waals surface area contributed by atoms with E-state index in [-0.39, 0.29) is 17.4 Å². The van der Waals surface area contributed by atoms with Crippen LogP contribution in [0.3, 0.4) is 0 Å². The van der Waals surface area contributed by atoms with Crippen molar-refractivity contribution in [2.75, 3.05) is 10.6 Å². The highest BCUT2D eigenvalue weighted by Crippen LogP contribution is 2.17. The summed E-state index contributed by atoms with van der Waals surface area (Å²) < 4.78 is 2.65. The van der Waals surface area contributed by atoms with E-state index in [0.717, 1.165) is 10.1 Å². The van der Waals surface area contributed by atoms with Crippen LogP contribution in [0.25, 0.3) is 10.1 Å². The van der Waals surface area contributed by atoms with Crippen LogP contribution in [0.2, 0.25) is 0 Å². The molecule has 3 aromatic rings. The van der Waals surface area contributed by atoms with Crippen molar-refractivity contribution >= 4 is 44.8 Å². The number of anilines is 2. The number of carbonyl (C=O) groups is 2. The van der Waals surface area contributed by atoms with Crippen molar-refractivity contribution in [2.45, 2.75) is 26.3 Å². The van der Waals surface area contributed by atoms with Crippen LogP contribution in [0.5, 0.6) is 0 Å². The highest BCUT2D eigenvalue weighted by molar-refractivity contribution is 7.13. The van der Waals surface area contributed by atoms with Crippen LogP contribution in [-0.4, -0.2) is 15.8 Å². The Morgan fingerprint density at radius 1 is 1.00 bits per heavy atom. The molecule has 26 heavy (non-hydrogen) atoms. The van der Waals surface area contributed by atoms with Gasteiger partial charge in [0.05, 0.1) is 10.1 Å². The van der Waals surface area contributed by atoms with E-state index in [0.29, 0.717) is 30.8 Å². The first-order valence-electron chi connectivity index (χ1n) is 8.29. The van der Waals surface area contributed by atoms with Gasteiger partial charge in [-0.25, -0.2) is 0 Å². The Morgan fingerprint density at radius 3 is 2.31 bits per heavy atom. The van der Waals surface area contributed by atoms with Crippen LogP contribution in [0.15, 0.2) is 53.3 Å². The molecule has 2 aromatic carbocycles. The third-order valence-electron chi connectivity index (χ3n) is 3.81. The van der Waals surface area contributed by atoms with Gasteiger partial charge in [-0.2, -0.15) is 0 Å². The summed E-state index contributed by atoms with van der Waals surface area (Å²) in [5, 5.41) is 6.21. The highest BCUT2D eigenvalue weighted by Gasteiger charge is 2.08. The number of hydrogen-bond donors (Lipinski definition) is 2. The minimum atomic E-state index is -0.140. The Balaban J connectivity index is 1.51. The number of nitrogens with one attached hydrogen (secondary N) is 2. The maximum Gasteiger partial charge on any atom is 0.268 e. The quantitative estimate of drug-likeness (QED) is 0.698. The number of nitrogens with zero attached hydrogens (tertiary/aromatic N) is 1. The van der Waals surface area contributed by atoms with Crippen LogP contribution in [-0.2, 0) is 16.1 Å². The lowest BCUT2D eigenvalue weighted by atomic mass is 10.2. The van der Waals surface area contributed by atoms with Crippen molar-refractivity contribution in [1.29, 1.82) is 0 Å². The number of fused-ring (bicyclic) bond motifs is 1. The van der Waals surface area contributed by atoms with Crippen molar-refractivity contribution in [1.82, 2.24) is 3.96 Å². The fourth-order valence-electron chi connectivity index (χ4n) is 2.61. The molecule has 0 aliphatic heterocycles. The van der Waals surface area contributed by atoms with Gasteiger partial charge >= 0.3 is 0 Å². The number of carbonyl (C=O) groups excluding carboxylic acids is 2. The zero-order valence-electron chi connectivity index (χ0n) is 14.3. The molecule has 0 atom stereocenters. The van der Waals surface area contributed by atoms with Crippen molar-refractivity contribution in [3.05, 3.63) is 58.9 Å². The largest absolute Gasteiger partial charge is 0.326 e. The van der Waals surface area contributed by atoms with Gasteiger partial charge in [0.1, 0.15) is 0 Å². The Morgan fingerprint density at radius 2 is 1.65 bits per heavy atom. The Labute approximate surface area is 154 Å². The smallest absolute Gasteiger partial charge is 0.268 e. The molecule has 0 unspecified atom stereocenters. The first-order valence-corrected chi connectivity index (χ1v) is 9.06. The Bertz CT molecular complexity index is 989. The first-order chi connectivity index (χ1) is 12.5. The second-order valence-corrected chi connectivity index (χ2v) is 6.97. The monoisotopic (exact) mass is 369 g/mol. The molecule has 0 saturated heterocycles. The number of amides is 2. The molecule has 0 fully saturated rings. The molecule has 0 saturated carbocycles. The second kappa shape index (κ2) is 7.97. The third-order valence-corrected chi connectivity index (χ3v) is 4.93. The van der Waals surface area contributed by atoms with Crippen LogP contribution in [0.1, 0.15) is 19.8 Å². The standard InChI is InChI=1S/C19H19N3O3S/c1-13(23)20-14-8-10-15(11-9-14)21-18(24)7-4-12-22-19(25)16-5-2-3-6-17(16)26-22/h2-3,5-6,8-11H,4,7,12H2,1H3,(H,20,23)(H,21,24). The van der Waals surface area contributed by atoms with Gasteiger partial charge in [0, 0.05) is 31.3 Å². The molecule has 1 aromatic heterocycles. The summed E-state index contributed by atoms with van der Waals surface area (Å²) in [6.07, 6.45) is 0.913. The van der Waals surface area contributed by atoms with E-state index in [9.17, 15) is 14.4 Å². The van der Waals surface area contributed by atoms with E-state index < -0.39 is 0 Å². The zero-order valence-corrected chi connectivity index (χ0v) is 15.1. The molecule has 7 heteroatoms. The van der Waals surface area contributed by atoms with E-state index in [1.807, 2.05) is 24.3 Å². The van der Waals surface area contributed by atoms with Crippen LogP contribution in [0, 0.1) is 0 Å². The second-order valence-electron chi connectivity index (χ2n) is 5.90. The summed E-state index contributed by atoms with van der Waals surface area (Å²) in [6, 6.07) is 14.4. The normalized spacial score (nSPS) is 10.7. The van der Waals surface area contributed by atoms with Crippen molar-refractivity contribution in [3.63, 3.8) is 0 Å². The zero-order chi connectivity index (χ0) is 18.5. The van der Waals surface area contributed by atoms with Crippen LogP contribution < -0.4 is 16.2 Å². The van der Waals surface area contributed by atoms with Crippen molar-refractivity contribution < 1.29 is 9.59 Å². The third kappa shape index (κ3) is 4.37. The van der Waals surface area contributed by atoms with E-state index in [2.05, 4.69) is 10.6 Å². The van der Waals surface area contributed by atoms with Gasteiger partial charge in [-0.1, -0.05) is 23.7 Å². The Hall–Kier alpha value is -2.93. The summed E-state index contributed by atoms with van der Waals surface area (Å²) in [5.41, 5.74) is 1.35. The minimum Gasteiger partial charge on any atom is -0.326 e.